The summed E-state index contributed by atoms with van der Waals surface area (Å²) in [5, 5.41) is 0.366. The van der Waals surface area contributed by atoms with Crippen molar-refractivity contribution in [1.29, 1.82) is 0 Å². The third-order valence-electron chi connectivity index (χ3n) is 10.7. The van der Waals surface area contributed by atoms with Crippen molar-refractivity contribution in [1.82, 2.24) is 24.8 Å². The van der Waals surface area contributed by atoms with E-state index < -0.39 is 23.6 Å². The number of ether oxygens (including phenoxy) is 1. The van der Waals surface area contributed by atoms with Crippen molar-refractivity contribution in [2.75, 3.05) is 50.8 Å². The molecule has 0 radical (unpaired) electrons. The number of nitrogens with zero attached hydrogens (tertiary/aromatic N) is 7. The summed E-state index contributed by atoms with van der Waals surface area (Å²) in [6.07, 6.45) is 5.62. The minimum atomic E-state index is -0.930. The van der Waals surface area contributed by atoms with Gasteiger partial charge < -0.3 is 19.4 Å². The molecule has 12 heteroatoms. The maximum absolute atomic E-state index is 16.7. The third kappa shape index (κ3) is 4.62. The van der Waals surface area contributed by atoms with Crippen LogP contribution in [0, 0.1) is 24.1 Å². The van der Waals surface area contributed by atoms with Gasteiger partial charge in [-0.05, 0) is 73.4 Å². The number of piperazine rings is 1. The van der Waals surface area contributed by atoms with Crippen molar-refractivity contribution >= 4 is 22.6 Å². The van der Waals surface area contributed by atoms with Gasteiger partial charge in [0.25, 0.3) is 0 Å². The van der Waals surface area contributed by atoms with Crippen LogP contribution in [0.3, 0.4) is 0 Å². The zero-order valence-electron chi connectivity index (χ0n) is 25.4. The topological polar surface area (TPSA) is 79.1 Å². The number of rotatable bonds is 7. The second-order valence-electron chi connectivity index (χ2n) is 13.3. The van der Waals surface area contributed by atoms with Gasteiger partial charge in [0.15, 0.2) is 5.82 Å². The molecule has 2 aliphatic carbocycles. The Morgan fingerprint density at radius 1 is 1.22 bits per heavy atom. The molecule has 5 aliphatic rings. The van der Waals surface area contributed by atoms with E-state index in [0.717, 1.165) is 31.4 Å². The Kier molecular flexibility index (Phi) is 6.94. The van der Waals surface area contributed by atoms with Gasteiger partial charge in [0.1, 0.15) is 41.7 Å². The summed E-state index contributed by atoms with van der Waals surface area (Å²) in [5.41, 5.74) is 1.73. The van der Waals surface area contributed by atoms with Crippen LogP contribution >= 0.6 is 0 Å². The highest BCUT2D eigenvalue weighted by atomic mass is 19.1. The van der Waals surface area contributed by atoms with Gasteiger partial charge in [-0.2, -0.15) is 9.97 Å². The zero-order valence-corrected chi connectivity index (χ0v) is 25.4. The molecule has 5 heterocycles. The second kappa shape index (κ2) is 10.9. The molecule has 3 saturated heterocycles. The van der Waals surface area contributed by atoms with Gasteiger partial charge >= 0.3 is 6.01 Å². The van der Waals surface area contributed by atoms with E-state index in [1.54, 1.807) is 17.2 Å². The summed E-state index contributed by atoms with van der Waals surface area (Å²) in [5.74, 6) is -0.182. The molecule has 1 saturated carbocycles. The van der Waals surface area contributed by atoms with Gasteiger partial charge in [0, 0.05) is 44.4 Å². The monoisotopic (exact) mass is 629 g/mol. The molecule has 5 atom stereocenters. The maximum atomic E-state index is 16.7. The lowest BCUT2D eigenvalue weighted by atomic mass is 9.95. The van der Waals surface area contributed by atoms with Crippen LogP contribution in [-0.2, 0) is 11.2 Å². The number of carbonyl (C=O) groups excluding carboxylic acids is 1. The Hall–Kier alpha value is -4.24. The number of alkyl halides is 1. The summed E-state index contributed by atoms with van der Waals surface area (Å²) in [6.45, 7) is 13.5. The zero-order chi connectivity index (χ0) is 31.7. The van der Waals surface area contributed by atoms with Gasteiger partial charge in [-0.1, -0.05) is 6.58 Å². The van der Waals surface area contributed by atoms with Crippen molar-refractivity contribution in [2.24, 2.45) is 5.92 Å². The van der Waals surface area contributed by atoms with Gasteiger partial charge in [-0.3, -0.25) is 14.7 Å². The molecular weight excluding hydrogens is 595 g/mol. The van der Waals surface area contributed by atoms with E-state index in [1.807, 2.05) is 4.90 Å². The Morgan fingerprint density at radius 3 is 2.91 bits per heavy atom. The summed E-state index contributed by atoms with van der Waals surface area (Å²) in [4.78, 5) is 35.7. The highest BCUT2D eigenvalue weighted by Gasteiger charge is 2.50. The average Bonchev–Trinajstić information content (AvgIpc) is 3.36. The first-order valence-electron chi connectivity index (χ1n) is 16.0. The van der Waals surface area contributed by atoms with Crippen molar-refractivity contribution in [2.45, 2.75) is 55.8 Å². The lowest BCUT2D eigenvalue weighted by molar-refractivity contribution is -0.128. The molecule has 46 heavy (non-hydrogen) atoms. The van der Waals surface area contributed by atoms with Crippen LogP contribution in [0.25, 0.3) is 27.0 Å². The van der Waals surface area contributed by atoms with Crippen LogP contribution in [-0.4, -0.2) is 94.3 Å². The van der Waals surface area contributed by atoms with E-state index in [9.17, 15) is 13.6 Å². The molecule has 2 aromatic heterocycles. The summed E-state index contributed by atoms with van der Waals surface area (Å²) in [6, 6.07) is 2.54. The van der Waals surface area contributed by atoms with Gasteiger partial charge in [0.2, 0.25) is 12.5 Å². The number of aromatic nitrogens is 3. The fourth-order valence-corrected chi connectivity index (χ4v) is 8.45. The predicted molar refractivity (Wildman–Crippen MR) is 165 cm³/mol. The molecule has 0 spiro atoms. The van der Waals surface area contributed by atoms with E-state index >= 15 is 4.39 Å². The van der Waals surface area contributed by atoms with Crippen LogP contribution in [0.15, 0.2) is 31.0 Å². The van der Waals surface area contributed by atoms with E-state index in [2.05, 4.69) is 26.3 Å². The van der Waals surface area contributed by atoms with Crippen molar-refractivity contribution in [3.63, 3.8) is 0 Å². The number of pyridine rings is 1. The first-order valence-corrected chi connectivity index (χ1v) is 16.0. The van der Waals surface area contributed by atoms with Crippen LogP contribution < -0.4 is 9.64 Å². The number of halogens is 3. The van der Waals surface area contributed by atoms with Crippen LogP contribution in [0.5, 0.6) is 6.01 Å². The molecule has 3 aliphatic heterocycles. The summed E-state index contributed by atoms with van der Waals surface area (Å²) < 4.78 is 52.2. The van der Waals surface area contributed by atoms with Crippen LogP contribution in [0.2, 0.25) is 0 Å². The average molecular weight is 630 g/mol. The highest BCUT2D eigenvalue weighted by molar-refractivity contribution is 5.93. The molecule has 238 valence electrons. The molecule has 4 fully saturated rings. The number of anilines is 1. The molecule has 8 rings (SSSR count). The minimum Gasteiger partial charge on any atom is -0.461 e. The van der Waals surface area contributed by atoms with E-state index in [0.29, 0.717) is 60.7 Å². The fraction of sp³-hybridized carbons (Fsp3) is 0.500. The number of fused-ring (bicyclic) bond motifs is 5. The molecule has 1 aromatic carbocycles. The molecule has 1 amide bonds. The number of amides is 1. The van der Waals surface area contributed by atoms with Crippen molar-refractivity contribution < 1.29 is 22.7 Å². The maximum Gasteiger partial charge on any atom is 0.319 e. The molecule has 0 bridgehead atoms. The number of carbonyl (C=O) groups is 1. The number of benzene rings is 1. The van der Waals surface area contributed by atoms with E-state index in [1.165, 1.54) is 12.1 Å². The number of hydrogen-bond donors (Lipinski definition) is 0. The molecule has 2 unspecified atom stereocenters. The highest BCUT2D eigenvalue weighted by Crippen LogP contribution is 2.58. The van der Waals surface area contributed by atoms with Crippen molar-refractivity contribution in [3.8, 4) is 17.3 Å². The van der Waals surface area contributed by atoms with Gasteiger partial charge in [0.05, 0.1) is 10.9 Å². The number of hydrogen-bond acceptors (Lipinski definition) is 7. The molecular formula is C34H34F3N7O2. The van der Waals surface area contributed by atoms with Crippen LogP contribution in [0.1, 0.15) is 42.7 Å². The Morgan fingerprint density at radius 2 is 2.09 bits per heavy atom. The fourth-order valence-electron chi connectivity index (χ4n) is 8.45. The van der Waals surface area contributed by atoms with Crippen molar-refractivity contribution in [3.05, 3.63) is 65.2 Å². The minimum absolute atomic E-state index is 0.0214. The molecule has 9 nitrogen and oxygen atoms in total. The molecule has 0 N–H and O–H groups in total. The first kappa shape index (κ1) is 29.2. The normalized spacial score (nSPS) is 28.1. The van der Waals surface area contributed by atoms with E-state index in [4.69, 9.17) is 16.3 Å². The quantitative estimate of drug-likeness (QED) is 0.277. The summed E-state index contributed by atoms with van der Waals surface area (Å²) in [7, 11) is 0. The Labute approximate surface area is 264 Å². The lowest BCUT2D eigenvalue weighted by Gasteiger charge is -2.39. The lowest BCUT2D eigenvalue weighted by Crippen LogP contribution is -2.56. The third-order valence-corrected chi connectivity index (χ3v) is 10.7. The van der Waals surface area contributed by atoms with Gasteiger partial charge in [-0.15, -0.1) is 0 Å². The standard InChI is InChI=1S/C34H34F3N7O2/c1-3-27(45)44-10-9-42(17-21(44)14-38-2)32-25-15-39-30(22-5-6-26(36)28-23-11-19(23)12-24(22)28)29(37)31(25)40-33(41-32)46-18-34-7-4-8-43(34)16-20(35)13-34/h3,5-6,15,19-21,23H,1,4,7-14,16-18H2/t19?,20-,21+,23?,34+/m1/s1. The van der Waals surface area contributed by atoms with E-state index in [-0.39, 0.29) is 54.6 Å². The van der Waals surface area contributed by atoms with Crippen LogP contribution in [0.4, 0.5) is 19.0 Å². The first-order chi connectivity index (χ1) is 22.3. The molecule has 3 aromatic rings. The SMILES string of the molecule is [C-]#[N+]C[C@H]1CN(c2nc(OC[C@@]34CCCN3C[C@H](F)C4)nc3c(F)c(-c4ccc(F)c5c4CC4CC54)ncc23)CCN1C(=O)C=C. The predicted octanol–water partition coefficient (Wildman–Crippen LogP) is 4.71. The Bertz CT molecular complexity index is 1810. The second-order valence-corrected chi connectivity index (χ2v) is 13.3. The summed E-state index contributed by atoms with van der Waals surface area (Å²) >= 11 is 0. The van der Waals surface area contributed by atoms with Gasteiger partial charge in [-0.25, -0.2) is 19.7 Å². The largest absolute Gasteiger partial charge is 0.461 e. The Balaban J connectivity index is 1.21. The smallest absolute Gasteiger partial charge is 0.319 e.